The van der Waals surface area contributed by atoms with E-state index in [1.54, 1.807) is 0 Å². The van der Waals surface area contributed by atoms with Crippen LogP contribution in [0.4, 0.5) is 0 Å². The van der Waals surface area contributed by atoms with E-state index < -0.39 is 0 Å². The van der Waals surface area contributed by atoms with Gasteiger partial charge in [0.1, 0.15) is 5.75 Å². The highest BCUT2D eigenvalue weighted by atomic mass is 16.5. The van der Waals surface area contributed by atoms with Gasteiger partial charge in [0, 0.05) is 6.54 Å². The van der Waals surface area contributed by atoms with Gasteiger partial charge in [0.2, 0.25) is 5.91 Å². The molecule has 0 aliphatic carbocycles. The topological polar surface area (TPSA) is 64.3 Å². The zero-order chi connectivity index (χ0) is 11.8. The second-order valence-corrected chi connectivity index (χ2v) is 3.47. The highest BCUT2D eigenvalue weighted by Gasteiger charge is 1.98. The van der Waals surface area contributed by atoms with Crippen molar-refractivity contribution in [3.63, 3.8) is 0 Å². The Bertz CT molecular complexity index is 322. The predicted molar refractivity (Wildman–Crippen MR) is 63.1 cm³/mol. The summed E-state index contributed by atoms with van der Waals surface area (Å²) in [6.45, 7) is 3.32. The number of rotatable bonds is 6. The molecule has 0 aliphatic rings. The number of carbonyl (C=O) groups is 1. The van der Waals surface area contributed by atoms with Gasteiger partial charge in [-0.15, -0.1) is 0 Å². The van der Waals surface area contributed by atoms with Crippen molar-refractivity contribution in [3.05, 3.63) is 29.8 Å². The standard InChI is InChI=1S/C12H18N2O2/c1-2-7-16-11-5-3-10(4-6-11)9-14-12(15)8-13/h3-6H,2,7-9,13H2,1H3,(H,14,15). The van der Waals surface area contributed by atoms with Crippen molar-refractivity contribution in [2.24, 2.45) is 5.73 Å². The van der Waals surface area contributed by atoms with E-state index >= 15 is 0 Å². The number of carbonyl (C=O) groups excluding carboxylic acids is 1. The maximum absolute atomic E-state index is 10.9. The molecule has 0 atom stereocenters. The van der Waals surface area contributed by atoms with Crippen molar-refractivity contribution in [1.82, 2.24) is 5.32 Å². The lowest BCUT2D eigenvalue weighted by molar-refractivity contribution is -0.119. The minimum absolute atomic E-state index is 0.0255. The van der Waals surface area contributed by atoms with Crippen LogP contribution in [0.2, 0.25) is 0 Å². The molecule has 1 amide bonds. The Morgan fingerprint density at radius 3 is 2.62 bits per heavy atom. The Labute approximate surface area is 95.8 Å². The Kier molecular flexibility index (Phi) is 5.36. The monoisotopic (exact) mass is 222 g/mol. The number of ether oxygens (including phenoxy) is 1. The summed E-state index contributed by atoms with van der Waals surface area (Å²) in [4.78, 5) is 10.9. The van der Waals surface area contributed by atoms with Crippen LogP contribution >= 0.6 is 0 Å². The quantitative estimate of drug-likeness (QED) is 0.756. The second-order valence-electron chi connectivity index (χ2n) is 3.47. The van der Waals surface area contributed by atoms with E-state index in [0.29, 0.717) is 6.54 Å². The smallest absolute Gasteiger partial charge is 0.234 e. The molecular weight excluding hydrogens is 204 g/mol. The Morgan fingerprint density at radius 1 is 1.38 bits per heavy atom. The van der Waals surface area contributed by atoms with Crippen LogP contribution in [0.25, 0.3) is 0 Å². The first-order chi connectivity index (χ1) is 7.76. The average Bonchev–Trinajstić information content (AvgIpc) is 2.34. The van der Waals surface area contributed by atoms with Crippen LogP contribution in [0.3, 0.4) is 0 Å². The molecule has 0 radical (unpaired) electrons. The van der Waals surface area contributed by atoms with E-state index in [9.17, 15) is 4.79 Å². The number of amides is 1. The van der Waals surface area contributed by atoms with Gasteiger partial charge >= 0.3 is 0 Å². The molecule has 0 saturated heterocycles. The number of hydrogen-bond donors (Lipinski definition) is 2. The van der Waals surface area contributed by atoms with Gasteiger partial charge in [-0.2, -0.15) is 0 Å². The third kappa shape index (κ3) is 4.31. The van der Waals surface area contributed by atoms with Gasteiger partial charge in [-0.1, -0.05) is 19.1 Å². The molecule has 0 fully saturated rings. The molecule has 0 unspecified atom stereocenters. The van der Waals surface area contributed by atoms with Crippen molar-refractivity contribution in [2.45, 2.75) is 19.9 Å². The molecule has 4 nitrogen and oxygen atoms in total. The Balaban J connectivity index is 2.41. The molecule has 0 saturated carbocycles. The fourth-order valence-corrected chi connectivity index (χ4v) is 1.20. The van der Waals surface area contributed by atoms with Crippen LogP contribution in [0.1, 0.15) is 18.9 Å². The fraction of sp³-hybridized carbons (Fsp3) is 0.417. The highest BCUT2D eigenvalue weighted by molar-refractivity contribution is 5.77. The first-order valence-corrected chi connectivity index (χ1v) is 5.44. The second kappa shape index (κ2) is 6.85. The van der Waals surface area contributed by atoms with Gasteiger partial charge in [-0.3, -0.25) is 4.79 Å². The van der Waals surface area contributed by atoms with Gasteiger partial charge in [0.05, 0.1) is 13.2 Å². The average molecular weight is 222 g/mol. The third-order valence-electron chi connectivity index (χ3n) is 2.07. The number of nitrogens with two attached hydrogens (primary N) is 1. The molecule has 4 heteroatoms. The number of benzene rings is 1. The van der Waals surface area contributed by atoms with Crippen LogP contribution in [0.15, 0.2) is 24.3 Å². The van der Waals surface area contributed by atoms with Crippen molar-refractivity contribution in [1.29, 1.82) is 0 Å². The van der Waals surface area contributed by atoms with Crippen LogP contribution in [0, 0.1) is 0 Å². The van der Waals surface area contributed by atoms with E-state index in [0.717, 1.165) is 24.3 Å². The first-order valence-electron chi connectivity index (χ1n) is 5.44. The molecule has 16 heavy (non-hydrogen) atoms. The van der Waals surface area contributed by atoms with Gasteiger partial charge in [0.25, 0.3) is 0 Å². The lowest BCUT2D eigenvalue weighted by Crippen LogP contribution is -2.29. The summed E-state index contributed by atoms with van der Waals surface area (Å²) in [5, 5.41) is 2.71. The summed E-state index contributed by atoms with van der Waals surface area (Å²) in [6, 6.07) is 7.67. The van der Waals surface area contributed by atoms with Crippen molar-refractivity contribution >= 4 is 5.91 Å². The zero-order valence-corrected chi connectivity index (χ0v) is 9.53. The predicted octanol–water partition coefficient (Wildman–Crippen LogP) is 1.05. The lowest BCUT2D eigenvalue weighted by atomic mass is 10.2. The number of nitrogens with one attached hydrogen (secondary N) is 1. The SMILES string of the molecule is CCCOc1ccc(CNC(=O)CN)cc1. The Hall–Kier alpha value is -1.55. The lowest BCUT2D eigenvalue weighted by Gasteiger charge is -2.06. The minimum Gasteiger partial charge on any atom is -0.494 e. The summed E-state index contributed by atoms with van der Waals surface area (Å²) in [5.41, 5.74) is 6.22. The molecule has 0 bridgehead atoms. The summed E-state index contributed by atoms with van der Waals surface area (Å²) in [6.07, 6.45) is 0.994. The van der Waals surface area contributed by atoms with Crippen LogP contribution in [-0.4, -0.2) is 19.1 Å². The zero-order valence-electron chi connectivity index (χ0n) is 9.53. The molecule has 1 aromatic rings. The summed E-state index contributed by atoms with van der Waals surface area (Å²) < 4.78 is 5.45. The summed E-state index contributed by atoms with van der Waals surface area (Å²) in [5.74, 6) is 0.710. The van der Waals surface area contributed by atoms with Crippen LogP contribution in [0.5, 0.6) is 5.75 Å². The van der Waals surface area contributed by atoms with Gasteiger partial charge in [0.15, 0.2) is 0 Å². The maximum atomic E-state index is 10.9. The molecular formula is C12H18N2O2. The molecule has 0 spiro atoms. The Morgan fingerprint density at radius 2 is 2.06 bits per heavy atom. The first kappa shape index (κ1) is 12.5. The summed E-state index contributed by atoms with van der Waals surface area (Å²) >= 11 is 0. The number of hydrogen-bond acceptors (Lipinski definition) is 3. The van der Waals surface area contributed by atoms with Gasteiger partial charge in [-0.05, 0) is 24.1 Å². The largest absolute Gasteiger partial charge is 0.494 e. The molecule has 0 heterocycles. The molecule has 88 valence electrons. The third-order valence-corrected chi connectivity index (χ3v) is 2.07. The van der Waals surface area contributed by atoms with Crippen molar-refractivity contribution < 1.29 is 9.53 Å². The van der Waals surface area contributed by atoms with Crippen molar-refractivity contribution in [3.8, 4) is 5.75 Å². The molecule has 3 N–H and O–H groups in total. The molecule has 0 aromatic heterocycles. The molecule has 0 aliphatic heterocycles. The fourth-order valence-electron chi connectivity index (χ4n) is 1.20. The molecule has 1 rings (SSSR count). The van der Waals surface area contributed by atoms with Crippen molar-refractivity contribution in [2.75, 3.05) is 13.2 Å². The minimum atomic E-state index is -0.147. The van der Waals surface area contributed by atoms with E-state index in [4.69, 9.17) is 10.5 Å². The highest BCUT2D eigenvalue weighted by Crippen LogP contribution is 2.12. The van der Waals surface area contributed by atoms with E-state index in [-0.39, 0.29) is 12.5 Å². The maximum Gasteiger partial charge on any atom is 0.234 e. The van der Waals surface area contributed by atoms with Crippen LogP contribution in [-0.2, 0) is 11.3 Å². The van der Waals surface area contributed by atoms with E-state index in [1.165, 1.54) is 0 Å². The normalized spacial score (nSPS) is 9.88. The van der Waals surface area contributed by atoms with Gasteiger partial charge < -0.3 is 15.8 Å². The van der Waals surface area contributed by atoms with Crippen LogP contribution < -0.4 is 15.8 Å². The van der Waals surface area contributed by atoms with Gasteiger partial charge in [-0.25, -0.2) is 0 Å². The summed E-state index contributed by atoms with van der Waals surface area (Å²) in [7, 11) is 0. The molecule has 1 aromatic carbocycles. The van der Waals surface area contributed by atoms with E-state index in [1.807, 2.05) is 24.3 Å². The van der Waals surface area contributed by atoms with E-state index in [2.05, 4.69) is 12.2 Å².